The minimum Gasteiger partial charge on any atom is -0.480 e. The standard InChI is InChI=1S/C11H21NO2/c1-10(2,3)5-8-6-11(4,9(13)14)12-7-8/h8,12H,5-7H2,1-4H3,(H,13,14). The van der Waals surface area contributed by atoms with Gasteiger partial charge in [0.2, 0.25) is 0 Å². The van der Waals surface area contributed by atoms with E-state index in [0.717, 1.165) is 19.4 Å². The van der Waals surface area contributed by atoms with E-state index in [4.69, 9.17) is 5.11 Å². The lowest BCUT2D eigenvalue weighted by Gasteiger charge is -2.23. The molecule has 0 aromatic rings. The van der Waals surface area contributed by atoms with Crippen LogP contribution in [0.15, 0.2) is 0 Å². The highest BCUT2D eigenvalue weighted by Crippen LogP contribution is 2.33. The maximum atomic E-state index is 11.0. The van der Waals surface area contributed by atoms with E-state index < -0.39 is 11.5 Å². The molecule has 1 aliphatic heterocycles. The van der Waals surface area contributed by atoms with Gasteiger partial charge in [-0.05, 0) is 37.6 Å². The maximum Gasteiger partial charge on any atom is 0.323 e. The number of rotatable bonds is 2. The van der Waals surface area contributed by atoms with Gasteiger partial charge in [0, 0.05) is 0 Å². The monoisotopic (exact) mass is 199 g/mol. The summed E-state index contributed by atoms with van der Waals surface area (Å²) in [7, 11) is 0. The molecule has 0 amide bonds. The molecular weight excluding hydrogens is 178 g/mol. The second-order valence-electron chi connectivity index (χ2n) is 5.85. The summed E-state index contributed by atoms with van der Waals surface area (Å²) in [6.45, 7) is 9.20. The van der Waals surface area contributed by atoms with Gasteiger partial charge in [-0.3, -0.25) is 4.79 Å². The lowest BCUT2D eigenvalue weighted by Crippen LogP contribution is -2.44. The molecule has 3 heteroatoms. The highest BCUT2D eigenvalue weighted by Gasteiger charge is 2.41. The predicted octanol–water partition coefficient (Wildman–Crippen LogP) is 1.88. The molecule has 0 bridgehead atoms. The van der Waals surface area contributed by atoms with Gasteiger partial charge in [-0.2, -0.15) is 0 Å². The molecule has 3 nitrogen and oxygen atoms in total. The van der Waals surface area contributed by atoms with Gasteiger partial charge in [-0.1, -0.05) is 20.8 Å². The first-order valence-electron chi connectivity index (χ1n) is 5.21. The van der Waals surface area contributed by atoms with E-state index in [-0.39, 0.29) is 5.41 Å². The van der Waals surface area contributed by atoms with Gasteiger partial charge in [-0.25, -0.2) is 0 Å². The Morgan fingerprint density at radius 1 is 1.57 bits per heavy atom. The minimum atomic E-state index is -0.728. The lowest BCUT2D eigenvalue weighted by molar-refractivity contribution is -0.143. The van der Waals surface area contributed by atoms with Crippen LogP contribution < -0.4 is 5.32 Å². The molecule has 0 saturated carbocycles. The van der Waals surface area contributed by atoms with E-state index in [1.165, 1.54) is 0 Å². The van der Waals surface area contributed by atoms with Gasteiger partial charge in [0.05, 0.1) is 0 Å². The van der Waals surface area contributed by atoms with Crippen LogP contribution in [0.25, 0.3) is 0 Å². The fraction of sp³-hybridized carbons (Fsp3) is 0.909. The van der Waals surface area contributed by atoms with Crippen LogP contribution in [0.3, 0.4) is 0 Å². The number of aliphatic carboxylic acids is 1. The van der Waals surface area contributed by atoms with Crippen LogP contribution in [0.4, 0.5) is 0 Å². The number of nitrogens with one attached hydrogen (secondary N) is 1. The lowest BCUT2D eigenvalue weighted by atomic mass is 9.82. The molecule has 0 spiro atoms. The molecule has 1 fully saturated rings. The SMILES string of the molecule is CC(C)(C)CC1CNC(C)(C(=O)O)C1. The Balaban J connectivity index is 2.53. The van der Waals surface area contributed by atoms with Crippen LogP contribution in [0.1, 0.15) is 40.5 Å². The zero-order valence-corrected chi connectivity index (χ0v) is 9.55. The summed E-state index contributed by atoms with van der Waals surface area (Å²) >= 11 is 0. The van der Waals surface area contributed by atoms with E-state index in [1.54, 1.807) is 6.92 Å². The second kappa shape index (κ2) is 3.54. The largest absolute Gasteiger partial charge is 0.480 e. The van der Waals surface area contributed by atoms with Crippen molar-refractivity contribution in [2.24, 2.45) is 11.3 Å². The van der Waals surface area contributed by atoms with Crippen molar-refractivity contribution in [2.45, 2.75) is 46.1 Å². The second-order valence-corrected chi connectivity index (χ2v) is 5.85. The zero-order valence-electron chi connectivity index (χ0n) is 9.55. The van der Waals surface area contributed by atoms with Crippen LogP contribution in [0.5, 0.6) is 0 Å². The number of carboxylic acid groups (broad SMARTS) is 1. The highest BCUT2D eigenvalue weighted by molar-refractivity contribution is 5.78. The quantitative estimate of drug-likeness (QED) is 0.714. The third-order valence-electron chi connectivity index (χ3n) is 2.85. The van der Waals surface area contributed by atoms with Crippen molar-refractivity contribution in [3.63, 3.8) is 0 Å². The van der Waals surface area contributed by atoms with Crippen LogP contribution in [-0.4, -0.2) is 23.2 Å². The van der Waals surface area contributed by atoms with E-state index in [2.05, 4.69) is 26.1 Å². The molecule has 0 radical (unpaired) electrons. The third kappa shape index (κ3) is 2.71. The zero-order chi connectivity index (χ0) is 11.0. The predicted molar refractivity (Wildman–Crippen MR) is 56.2 cm³/mol. The van der Waals surface area contributed by atoms with Crippen molar-refractivity contribution in [2.75, 3.05) is 6.54 Å². The number of carboxylic acids is 1. The third-order valence-corrected chi connectivity index (χ3v) is 2.85. The molecule has 0 aliphatic carbocycles. The van der Waals surface area contributed by atoms with Gasteiger partial charge in [0.25, 0.3) is 0 Å². The van der Waals surface area contributed by atoms with Crippen LogP contribution >= 0.6 is 0 Å². The van der Waals surface area contributed by atoms with Gasteiger partial charge in [-0.15, -0.1) is 0 Å². The summed E-state index contributed by atoms with van der Waals surface area (Å²) < 4.78 is 0. The topological polar surface area (TPSA) is 49.3 Å². The minimum absolute atomic E-state index is 0.288. The van der Waals surface area contributed by atoms with Crippen LogP contribution in [0, 0.1) is 11.3 Å². The maximum absolute atomic E-state index is 11.0. The van der Waals surface area contributed by atoms with E-state index in [0.29, 0.717) is 5.92 Å². The Morgan fingerprint density at radius 2 is 2.14 bits per heavy atom. The summed E-state index contributed by atoms with van der Waals surface area (Å²) in [6.07, 6.45) is 1.84. The Kier molecular flexibility index (Phi) is 2.91. The molecule has 1 heterocycles. The van der Waals surface area contributed by atoms with Crippen molar-refractivity contribution in [1.29, 1.82) is 0 Å². The Morgan fingerprint density at radius 3 is 2.50 bits per heavy atom. The van der Waals surface area contributed by atoms with Gasteiger partial charge < -0.3 is 10.4 Å². The average Bonchev–Trinajstić information content (AvgIpc) is 2.29. The molecule has 2 N–H and O–H groups in total. The molecular formula is C11H21NO2. The molecule has 2 atom stereocenters. The smallest absolute Gasteiger partial charge is 0.323 e. The van der Waals surface area contributed by atoms with Gasteiger partial charge >= 0.3 is 5.97 Å². The molecule has 14 heavy (non-hydrogen) atoms. The first-order chi connectivity index (χ1) is 6.23. The van der Waals surface area contributed by atoms with Gasteiger partial charge in [0.1, 0.15) is 5.54 Å². The fourth-order valence-electron chi connectivity index (χ4n) is 2.26. The fourth-order valence-corrected chi connectivity index (χ4v) is 2.26. The summed E-state index contributed by atoms with van der Waals surface area (Å²) in [5.41, 5.74) is -0.411. The van der Waals surface area contributed by atoms with E-state index in [9.17, 15) is 4.79 Å². The highest BCUT2D eigenvalue weighted by atomic mass is 16.4. The normalized spacial score (nSPS) is 33.3. The van der Waals surface area contributed by atoms with Crippen molar-refractivity contribution in [3.8, 4) is 0 Å². The summed E-state index contributed by atoms with van der Waals surface area (Å²) in [4.78, 5) is 11.0. The van der Waals surface area contributed by atoms with Crippen molar-refractivity contribution in [1.82, 2.24) is 5.32 Å². The first-order valence-corrected chi connectivity index (χ1v) is 5.21. The van der Waals surface area contributed by atoms with Crippen molar-refractivity contribution >= 4 is 5.97 Å². The van der Waals surface area contributed by atoms with Crippen LogP contribution in [-0.2, 0) is 4.79 Å². The van der Waals surface area contributed by atoms with Crippen molar-refractivity contribution < 1.29 is 9.90 Å². The molecule has 0 aromatic carbocycles. The Bertz CT molecular complexity index is 232. The number of hydrogen-bond acceptors (Lipinski definition) is 2. The molecule has 0 aromatic heterocycles. The van der Waals surface area contributed by atoms with E-state index >= 15 is 0 Å². The first kappa shape index (κ1) is 11.5. The molecule has 1 aliphatic rings. The average molecular weight is 199 g/mol. The molecule has 82 valence electrons. The van der Waals surface area contributed by atoms with Crippen LogP contribution in [0.2, 0.25) is 0 Å². The molecule has 1 rings (SSSR count). The van der Waals surface area contributed by atoms with E-state index in [1.807, 2.05) is 0 Å². The Hall–Kier alpha value is -0.570. The van der Waals surface area contributed by atoms with Crippen molar-refractivity contribution in [3.05, 3.63) is 0 Å². The summed E-state index contributed by atoms with van der Waals surface area (Å²) in [5.74, 6) is -0.231. The number of hydrogen-bond donors (Lipinski definition) is 2. The molecule has 2 unspecified atom stereocenters. The molecule has 1 saturated heterocycles. The summed E-state index contributed by atoms with van der Waals surface area (Å²) in [6, 6.07) is 0. The summed E-state index contributed by atoms with van der Waals surface area (Å²) in [5, 5.41) is 12.1. The van der Waals surface area contributed by atoms with Gasteiger partial charge in [0.15, 0.2) is 0 Å². The Labute approximate surface area is 85.9 Å². The number of carbonyl (C=O) groups is 1.